The summed E-state index contributed by atoms with van der Waals surface area (Å²) in [5.41, 5.74) is 8.53. The number of benzene rings is 3. The number of carbonyl (C=O) groups excluding carboxylic acids is 3. The molecule has 1 saturated carbocycles. The molecule has 224 valence electrons. The average molecular weight is 604 g/mol. The van der Waals surface area contributed by atoms with Gasteiger partial charge in [0.15, 0.2) is 5.78 Å². The van der Waals surface area contributed by atoms with Crippen molar-refractivity contribution in [2.45, 2.75) is 49.1 Å². The van der Waals surface area contributed by atoms with Gasteiger partial charge in [-0.05, 0) is 54.2 Å². The topological polar surface area (TPSA) is 174 Å². The standard InChI is InChI=1S/C31H33N5O6S/c1-36(20-6-3-4-7-20)30(38)26(16-18-10-12-19(13-11-18)29(32)34-33)35-43(40,41)21-14-15-22-23-8-5-9-24(31(39)42-2)27(23)28(37)25(22)17-21/h5,8-15,17,20,26,35H,3-4,6-7,16,33H2,1-2H3,(H2,32,34)/t26-/m0/s1. The number of nitrogens with two attached hydrogens (primary N) is 2. The molecule has 1 amide bonds. The quantitative estimate of drug-likeness (QED) is 0.0860. The van der Waals surface area contributed by atoms with Gasteiger partial charge in [-0.3, -0.25) is 9.59 Å². The molecule has 0 radical (unpaired) electrons. The number of rotatable bonds is 9. The maximum Gasteiger partial charge on any atom is 0.338 e. The molecule has 0 unspecified atom stereocenters. The van der Waals surface area contributed by atoms with E-state index in [1.807, 2.05) is 0 Å². The summed E-state index contributed by atoms with van der Waals surface area (Å²) in [7, 11) is -1.34. The number of nitrogens with one attached hydrogen (secondary N) is 1. The van der Waals surface area contributed by atoms with Gasteiger partial charge in [-0.15, -0.1) is 0 Å². The number of ketones is 1. The number of likely N-dealkylation sites (N-methyl/N-ethyl adjacent to an activating group) is 1. The van der Waals surface area contributed by atoms with Crippen LogP contribution in [-0.4, -0.2) is 63.1 Å². The first-order chi connectivity index (χ1) is 20.6. The molecule has 0 heterocycles. The van der Waals surface area contributed by atoms with Crippen molar-refractivity contribution in [3.05, 3.63) is 88.5 Å². The number of hydrogen-bond acceptors (Lipinski definition) is 8. The Kier molecular flexibility index (Phi) is 8.34. The number of esters is 1. The van der Waals surface area contributed by atoms with E-state index < -0.39 is 27.8 Å². The number of fused-ring (bicyclic) bond motifs is 3. The highest BCUT2D eigenvalue weighted by Crippen LogP contribution is 2.39. The van der Waals surface area contributed by atoms with E-state index in [0.29, 0.717) is 22.3 Å². The van der Waals surface area contributed by atoms with E-state index in [0.717, 1.165) is 25.7 Å². The zero-order chi connectivity index (χ0) is 30.9. The fourth-order valence-electron chi connectivity index (χ4n) is 5.82. The molecule has 2 aliphatic rings. The molecule has 0 saturated heterocycles. The van der Waals surface area contributed by atoms with Crippen molar-refractivity contribution in [1.82, 2.24) is 9.62 Å². The Hall–Kier alpha value is -4.55. The second kappa shape index (κ2) is 12.0. The van der Waals surface area contributed by atoms with Gasteiger partial charge in [0, 0.05) is 29.8 Å². The molecule has 3 aromatic carbocycles. The molecule has 1 fully saturated rings. The third kappa shape index (κ3) is 5.75. The molecule has 1 atom stereocenters. The lowest BCUT2D eigenvalue weighted by Gasteiger charge is -2.29. The number of amidine groups is 1. The van der Waals surface area contributed by atoms with Crippen molar-refractivity contribution in [2.75, 3.05) is 14.2 Å². The molecule has 0 aromatic heterocycles. The summed E-state index contributed by atoms with van der Waals surface area (Å²) in [5, 5.41) is 3.48. The van der Waals surface area contributed by atoms with Crippen molar-refractivity contribution in [1.29, 1.82) is 0 Å². The zero-order valence-electron chi connectivity index (χ0n) is 23.9. The maximum absolute atomic E-state index is 13.8. The van der Waals surface area contributed by atoms with Crippen LogP contribution in [0.3, 0.4) is 0 Å². The summed E-state index contributed by atoms with van der Waals surface area (Å²) in [6.07, 6.45) is 3.80. The number of sulfonamides is 1. The molecular weight excluding hydrogens is 570 g/mol. The lowest BCUT2D eigenvalue weighted by molar-refractivity contribution is -0.133. The lowest BCUT2D eigenvalue weighted by atomic mass is 10.0. The number of hydrazone groups is 1. The molecule has 0 aliphatic heterocycles. The van der Waals surface area contributed by atoms with E-state index in [1.54, 1.807) is 48.3 Å². The van der Waals surface area contributed by atoms with Crippen LogP contribution in [0.4, 0.5) is 0 Å². The van der Waals surface area contributed by atoms with Gasteiger partial charge in [-0.25, -0.2) is 13.2 Å². The number of carbonyl (C=O) groups is 3. The Morgan fingerprint density at radius 2 is 1.74 bits per heavy atom. The highest BCUT2D eigenvalue weighted by atomic mass is 32.2. The number of amides is 1. The number of nitrogens with zero attached hydrogens (tertiary/aromatic N) is 2. The van der Waals surface area contributed by atoms with Gasteiger partial charge < -0.3 is 21.2 Å². The molecule has 12 heteroatoms. The van der Waals surface area contributed by atoms with E-state index >= 15 is 0 Å². The van der Waals surface area contributed by atoms with Crippen LogP contribution in [0.5, 0.6) is 0 Å². The fraction of sp³-hybridized carbons (Fsp3) is 0.290. The molecule has 0 spiro atoms. The Labute approximate surface area is 249 Å². The average Bonchev–Trinajstić information content (AvgIpc) is 3.66. The van der Waals surface area contributed by atoms with Gasteiger partial charge in [0.2, 0.25) is 15.9 Å². The first kappa shape index (κ1) is 29.9. The van der Waals surface area contributed by atoms with Gasteiger partial charge in [0.05, 0.1) is 17.6 Å². The second-order valence-corrected chi connectivity index (χ2v) is 12.4. The van der Waals surface area contributed by atoms with E-state index in [-0.39, 0.29) is 45.8 Å². The van der Waals surface area contributed by atoms with Gasteiger partial charge in [0.1, 0.15) is 11.9 Å². The zero-order valence-corrected chi connectivity index (χ0v) is 24.7. The second-order valence-electron chi connectivity index (χ2n) is 10.7. The number of methoxy groups -OCH3 is 1. The van der Waals surface area contributed by atoms with Crippen LogP contribution < -0.4 is 16.3 Å². The highest BCUT2D eigenvalue weighted by Gasteiger charge is 2.35. The van der Waals surface area contributed by atoms with E-state index in [2.05, 4.69) is 9.82 Å². The predicted octanol–water partition coefficient (Wildman–Crippen LogP) is 2.55. The van der Waals surface area contributed by atoms with Crippen LogP contribution >= 0.6 is 0 Å². The summed E-state index contributed by atoms with van der Waals surface area (Å²) >= 11 is 0. The Bertz CT molecular complexity index is 1730. The van der Waals surface area contributed by atoms with Crippen molar-refractivity contribution in [2.24, 2.45) is 16.7 Å². The monoisotopic (exact) mass is 603 g/mol. The minimum absolute atomic E-state index is 0.0302. The molecule has 5 N–H and O–H groups in total. The summed E-state index contributed by atoms with van der Waals surface area (Å²) in [4.78, 5) is 40.9. The van der Waals surface area contributed by atoms with Gasteiger partial charge in [0.25, 0.3) is 0 Å². The first-order valence-electron chi connectivity index (χ1n) is 13.9. The van der Waals surface area contributed by atoms with Crippen LogP contribution in [-0.2, 0) is 26.0 Å². The van der Waals surface area contributed by atoms with Gasteiger partial charge in [-0.1, -0.05) is 55.3 Å². The van der Waals surface area contributed by atoms with E-state index in [1.165, 1.54) is 31.4 Å². The van der Waals surface area contributed by atoms with Crippen LogP contribution in [0.2, 0.25) is 0 Å². The lowest BCUT2D eigenvalue weighted by Crippen LogP contribution is -2.50. The summed E-state index contributed by atoms with van der Waals surface area (Å²) < 4.78 is 34.9. The van der Waals surface area contributed by atoms with Crippen molar-refractivity contribution >= 4 is 33.5 Å². The summed E-state index contributed by atoms with van der Waals surface area (Å²) in [5.74, 6) is 3.93. The molecule has 3 aromatic rings. The van der Waals surface area contributed by atoms with E-state index in [9.17, 15) is 22.8 Å². The Morgan fingerprint density at radius 3 is 2.40 bits per heavy atom. The number of ether oxygens (including phenoxy) is 1. The van der Waals surface area contributed by atoms with Crippen LogP contribution in [0.15, 0.2) is 70.7 Å². The highest BCUT2D eigenvalue weighted by molar-refractivity contribution is 7.89. The molecule has 0 bridgehead atoms. The van der Waals surface area contributed by atoms with Crippen molar-refractivity contribution < 1.29 is 27.5 Å². The van der Waals surface area contributed by atoms with Crippen LogP contribution in [0, 0.1) is 0 Å². The molecule has 11 nitrogen and oxygen atoms in total. The van der Waals surface area contributed by atoms with E-state index in [4.69, 9.17) is 16.3 Å². The first-order valence-corrected chi connectivity index (χ1v) is 15.4. The maximum atomic E-state index is 13.8. The number of hydrogen-bond donors (Lipinski definition) is 3. The summed E-state index contributed by atoms with van der Waals surface area (Å²) in [6.45, 7) is 0. The predicted molar refractivity (Wildman–Crippen MR) is 161 cm³/mol. The van der Waals surface area contributed by atoms with Gasteiger partial charge >= 0.3 is 5.97 Å². The molecule has 5 rings (SSSR count). The van der Waals surface area contributed by atoms with Crippen LogP contribution in [0.1, 0.15) is 63.1 Å². The van der Waals surface area contributed by atoms with Crippen LogP contribution in [0.25, 0.3) is 11.1 Å². The molecule has 2 aliphatic carbocycles. The normalized spacial score (nSPS) is 15.6. The smallest absolute Gasteiger partial charge is 0.338 e. The minimum Gasteiger partial charge on any atom is -0.465 e. The largest absolute Gasteiger partial charge is 0.465 e. The summed E-state index contributed by atoms with van der Waals surface area (Å²) in [6, 6.07) is 14.8. The van der Waals surface area contributed by atoms with Gasteiger partial charge in [-0.2, -0.15) is 9.82 Å². The Balaban J connectivity index is 1.46. The fourth-order valence-corrected chi connectivity index (χ4v) is 7.04. The van der Waals surface area contributed by atoms with Crippen molar-refractivity contribution in [3.8, 4) is 11.1 Å². The SMILES string of the molecule is COC(=O)c1cccc2c1C(=O)c1cc(S(=O)(=O)N[C@@H](Cc3ccc(/C(N)=N/N)cc3)C(=O)N(C)C3CCCC3)ccc1-2. The van der Waals surface area contributed by atoms with Crippen molar-refractivity contribution in [3.63, 3.8) is 0 Å². The minimum atomic E-state index is -4.27. The third-order valence-corrected chi connectivity index (χ3v) is 9.65. The Morgan fingerprint density at radius 1 is 1.05 bits per heavy atom. The molecular formula is C31H33N5O6S. The molecule has 43 heavy (non-hydrogen) atoms. The third-order valence-electron chi connectivity index (χ3n) is 8.18.